The maximum absolute atomic E-state index is 11.6. The number of rotatable bonds is 5. The summed E-state index contributed by atoms with van der Waals surface area (Å²) in [6, 6.07) is 0.820. The van der Waals surface area contributed by atoms with E-state index in [4.69, 9.17) is 0 Å². The first-order valence-electron chi connectivity index (χ1n) is 6.95. The second kappa shape index (κ2) is 6.39. The third-order valence-corrected chi connectivity index (χ3v) is 3.91. The molecule has 2 N–H and O–H groups in total. The number of carbonyl (C=O) groups excluding carboxylic acids is 1. The number of nitrogens with one attached hydrogen (secondary N) is 2. The molecule has 0 aromatic heterocycles. The molecule has 0 aromatic carbocycles. The average molecular weight is 240 g/mol. The highest BCUT2D eigenvalue weighted by Crippen LogP contribution is 2.34. The van der Waals surface area contributed by atoms with E-state index in [2.05, 4.69) is 31.4 Å². The van der Waals surface area contributed by atoms with E-state index in [0.29, 0.717) is 18.0 Å². The number of carbonyl (C=O) groups is 1. The van der Waals surface area contributed by atoms with Gasteiger partial charge < -0.3 is 10.6 Å². The summed E-state index contributed by atoms with van der Waals surface area (Å²) >= 11 is 0. The summed E-state index contributed by atoms with van der Waals surface area (Å²) in [5.41, 5.74) is 0.497. The zero-order valence-electron chi connectivity index (χ0n) is 11.8. The molecule has 100 valence electrons. The molecule has 0 heterocycles. The summed E-state index contributed by atoms with van der Waals surface area (Å²) < 4.78 is 0. The smallest absolute Gasteiger partial charge is 0.234 e. The van der Waals surface area contributed by atoms with Gasteiger partial charge in [0.2, 0.25) is 5.91 Å². The first-order chi connectivity index (χ1) is 7.93. The molecule has 3 heteroatoms. The normalized spacial score (nSPS) is 22.1. The van der Waals surface area contributed by atoms with E-state index in [1.165, 1.54) is 25.7 Å². The van der Waals surface area contributed by atoms with E-state index in [1.807, 2.05) is 6.92 Å². The van der Waals surface area contributed by atoms with Gasteiger partial charge in [-0.2, -0.15) is 0 Å². The van der Waals surface area contributed by atoms with E-state index in [-0.39, 0.29) is 11.9 Å². The van der Waals surface area contributed by atoms with Gasteiger partial charge in [0.15, 0.2) is 0 Å². The van der Waals surface area contributed by atoms with Crippen molar-refractivity contribution in [2.75, 3.05) is 6.54 Å². The lowest BCUT2D eigenvalue weighted by molar-refractivity contribution is -0.121. The Morgan fingerprint density at radius 1 is 1.35 bits per heavy atom. The fraction of sp³-hybridized carbons (Fsp3) is 0.929. The van der Waals surface area contributed by atoms with Gasteiger partial charge in [0.1, 0.15) is 0 Å². The van der Waals surface area contributed by atoms with Gasteiger partial charge >= 0.3 is 0 Å². The van der Waals surface area contributed by atoms with Gasteiger partial charge in [-0.3, -0.25) is 4.79 Å². The predicted molar refractivity (Wildman–Crippen MR) is 71.9 cm³/mol. The molecule has 0 spiro atoms. The molecule has 1 fully saturated rings. The van der Waals surface area contributed by atoms with Crippen molar-refractivity contribution < 1.29 is 4.79 Å². The third-order valence-electron chi connectivity index (χ3n) is 3.91. The first kappa shape index (κ1) is 14.5. The molecule has 3 nitrogen and oxygen atoms in total. The summed E-state index contributed by atoms with van der Waals surface area (Å²) in [4.78, 5) is 11.6. The molecule has 17 heavy (non-hydrogen) atoms. The Morgan fingerprint density at radius 3 is 2.47 bits per heavy atom. The molecule has 1 unspecified atom stereocenters. The standard InChI is InChI=1S/C14H28N2O/c1-5-11(2)16-13(17)10-15-12-6-8-14(3,4)9-7-12/h11-12,15H,5-10H2,1-4H3,(H,16,17). The van der Waals surface area contributed by atoms with Crippen LogP contribution in [0.25, 0.3) is 0 Å². The maximum Gasteiger partial charge on any atom is 0.234 e. The quantitative estimate of drug-likeness (QED) is 0.775. The second-order valence-electron chi connectivity index (χ2n) is 6.20. The highest BCUT2D eigenvalue weighted by Gasteiger charge is 2.26. The third kappa shape index (κ3) is 5.53. The molecule has 0 aromatic rings. The number of hydrogen-bond donors (Lipinski definition) is 2. The molecule has 1 amide bonds. The summed E-state index contributed by atoms with van der Waals surface area (Å²) in [5, 5.41) is 6.36. The zero-order chi connectivity index (χ0) is 12.9. The van der Waals surface area contributed by atoms with Crippen LogP contribution in [0.1, 0.15) is 59.8 Å². The van der Waals surface area contributed by atoms with Crippen LogP contribution < -0.4 is 10.6 Å². The van der Waals surface area contributed by atoms with Crippen molar-refractivity contribution in [3.05, 3.63) is 0 Å². The van der Waals surface area contributed by atoms with Gasteiger partial charge in [0.05, 0.1) is 6.54 Å². The molecular formula is C14H28N2O. The highest BCUT2D eigenvalue weighted by atomic mass is 16.1. The van der Waals surface area contributed by atoms with Crippen molar-refractivity contribution in [2.45, 2.75) is 71.9 Å². The molecule has 1 saturated carbocycles. The van der Waals surface area contributed by atoms with Crippen LogP contribution in [0, 0.1) is 5.41 Å². The van der Waals surface area contributed by atoms with Crippen LogP contribution in [0.4, 0.5) is 0 Å². The summed E-state index contributed by atoms with van der Waals surface area (Å²) in [6.07, 6.45) is 5.91. The monoisotopic (exact) mass is 240 g/mol. The topological polar surface area (TPSA) is 41.1 Å². The van der Waals surface area contributed by atoms with E-state index in [1.54, 1.807) is 0 Å². The largest absolute Gasteiger partial charge is 0.353 e. The maximum atomic E-state index is 11.6. The Kier molecular flexibility index (Phi) is 5.44. The molecule has 0 saturated heterocycles. The van der Waals surface area contributed by atoms with Crippen LogP contribution in [-0.4, -0.2) is 24.5 Å². The highest BCUT2D eigenvalue weighted by molar-refractivity contribution is 5.78. The first-order valence-corrected chi connectivity index (χ1v) is 6.95. The SMILES string of the molecule is CCC(C)NC(=O)CNC1CCC(C)(C)CC1. The van der Waals surface area contributed by atoms with Crippen LogP contribution in [-0.2, 0) is 4.79 Å². The lowest BCUT2D eigenvalue weighted by Crippen LogP contribution is -2.43. The van der Waals surface area contributed by atoms with Crippen molar-refractivity contribution in [1.29, 1.82) is 0 Å². The molecule has 0 radical (unpaired) electrons. The van der Waals surface area contributed by atoms with Crippen LogP contribution in [0.15, 0.2) is 0 Å². The van der Waals surface area contributed by atoms with Gasteiger partial charge in [-0.1, -0.05) is 20.8 Å². The van der Waals surface area contributed by atoms with Crippen LogP contribution in [0.5, 0.6) is 0 Å². The second-order valence-corrected chi connectivity index (χ2v) is 6.20. The van der Waals surface area contributed by atoms with Crippen molar-refractivity contribution in [2.24, 2.45) is 5.41 Å². The Hall–Kier alpha value is -0.570. The fourth-order valence-electron chi connectivity index (χ4n) is 2.27. The molecular weight excluding hydrogens is 212 g/mol. The number of amides is 1. The molecule has 1 aliphatic rings. The van der Waals surface area contributed by atoms with Crippen molar-refractivity contribution in [1.82, 2.24) is 10.6 Å². The van der Waals surface area contributed by atoms with Crippen LogP contribution >= 0.6 is 0 Å². The minimum atomic E-state index is 0.129. The molecule has 0 aliphatic heterocycles. The van der Waals surface area contributed by atoms with Crippen LogP contribution in [0.2, 0.25) is 0 Å². The average Bonchev–Trinajstić information content (AvgIpc) is 2.27. The molecule has 1 aliphatic carbocycles. The van der Waals surface area contributed by atoms with Gasteiger partial charge in [0, 0.05) is 12.1 Å². The van der Waals surface area contributed by atoms with Gasteiger partial charge in [-0.15, -0.1) is 0 Å². The Balaban J connectivity index is 2.17. The lowest BCUT2D eigenvalue weighted by atomic mass is 9.75. The van der Waals surface area contributed by atoms with E-state index in [0.717, 1.165) is 6.42 Å². The minimum Gasteiger partial charge on any atom is -0.353 e. The lowest BCUT2D eigenvalue weighted by Gasteiger charge is -2.34. The Labute approximate surface area is 106 Å². The summed E-state index contributed by atoms with van der Waals surface area (Å²) in [6.45, 7) is 9.26. The Morgan fingerprint density at radius 2 is 1.94 bits per heavy atom. The molecule has 1 atom stereocenters. The van der Waals surface area contributed by atoms with Crippen LogP contribution in [0.3, 0.4) is 0 Å². The van der Waals surface area contributed by atoms with Crippen molar-refractivity contribution in [3.8, 4) is 0 Å². The zero-order valence-corrected chi connectivity index (χ0v) is 11.8. The Bertz CT molecular complexity index is 241. The van der Waals surface area contributed by atoms with E-state index in [9.17, 15) is 4.79 Å². The summed E-state index contributed by atoms with van der Waals surface area (Å²) in [7, 11) is 0. The predicted octanol–water partition coefficient (Wildman–Crippen LogP) is 2.46. The minimum absolute atomic E-state index is 0.129. The van der Waals surface area contributed by atoms with Crippen molar-refractivity contribution in [3.63, 3.8) is 0 Å². The van der Waals surface area contributed by atoms with Gasteiger partial charge in [0.25, 0.3) is 0 Å². The number of hydrogen-bond acceptors (Lipinski definition) is 2. The molecule has 0 bridgehead atoms. The van der Waals surface area contributed by atoms with Crippen molar-refractivity contribution >= 4 is 5.91 Å². The van der Waals surface area contributed by atoms with Gasteiger partial charge in [-0.05, 0) is 44.4 Å². The van der Waals surface area contributed by atoms with E-state index >= 15 is 0 Å². The van der Waals surface area contributed by atoms with E-state index < -0.39 is 0 Å². The van der Waals surface area contributed by atoms with Gasteiger partial charge in [-0.25, -0.2) is 0 Å². The molecule has 1 rings (SSSR count). The fourth-order valence-corrected chi connectivity index (χ4v) is 2.27. The summed E-state index contributed by atoms with van der Waals surface area (Å²) in [5.74, 6) is 0.129.